The molecule has 1 saturated heterocycles. The number of aliphatic hydroxyl groups is 1. The van der Waals surface area contributed by atoms with Crippen LogP contribution in [0.1, 0.15) is 23.5 Å². The van der Waals surface area contributed by atoms with Crippen molar-refractivity contribution in [3.05, 3.63) is 71.8 Å². The average Bonchev–Trinajstić information content (AvgIpc) is 3.24. The van der Waals surface area contributed by atoms with Gasteiger partial charge < -0.3 is 20.6 Å². The van der Waals surface area contributed by atoms with Gasteiger partial charge in [0.2, 0.25) is 0 Å². The van der Waals surface area contributed by atoms with Crippen molar-refractivity contribution < 1.29 is 5.11 Å². The molecular formula is C24H34N4O. The number of aliphatic imine (C=N–C) groups is 1. The Labute approximate surface area is 174 Å². The monoisotopic (exact) mass is 394 g/mol. The highest BCUT2D eigenvalue weighted by atomic mass is 16.3. The summed E-state index contributed by atoms with van der Waals surface area (Å²) in [6.45, 7) is 5.15. The molecule has 3 rings (SSSR count). The van der Waals surface area contributed by atoms with Gasteiger partial charge in [-0.1, -0.05) is 60.7 Å². The van der Waals surface area contributed by atoms with Crippen LogP contribution in [0.15, 0.2) is 65.7 Å². The van der Waals surface area contributed by atoms with Crippen molar-refractivity contribution in [3.8, 4) is 0 Å². The van der Waals surface area contributed by atoms with Gasteiger partial charge in [0.05, 0.1) is 6.61 Å². The molecule has 0 saturated carbocycles. The number of hydrogen-bond acceptors (Lipinski definition) is 3. The van der Waals surface area contributed by atoms with Crippen molar-refractivity contribution in [2.75, 3.05) is 46.4 Å². The summed E-state index contributed by atoms with van der Waals surface area (Å²) in [6, 6.07) is 20.8. The summed E-state index contributed by atoms with van der Waals surface area (Å²) in [5.41, 5.74) is 2.55. The molecule has 1 aliphatic rings. The van der Waals surface area contributed by atoms with E-state index in [2.05, 4.69) is 63.0 Å². The van der Waals surface area contributed by atoms with E-state index in [4.69, 9.17) is 0 Å². The number of likely N-dealkylation sites (tertiary alicyclic amines) is 1. The van der Waals surface area contributed by atoms with Crippen molar-refractivity contribution in [1.29, 1.82) is 0 Å². The molecule has 2 atom stereocenters. The Morgan fingerprint density at radius 1 is 1.10 bits per heavy atom. The van der Waals surface area contributed by atoms with E-state index in [1.165, 1.54) is 18.5 Å². The number of nitrogens with one attached hydrogen (secondary N) is 2. The highest BCUT2D eigenvalue weighted by molar-refractivity contribution is 5.79. The van der Waals surface area contributed by atoms with Gasteiger partial charge in [0, 0.05) is 39.1 Å². The Balaban J connectivity index is 1.37. The first-order chi connectivity index (χ1) is 14.3. The van der Waals surface area contributed by atoms with Crippen LogP contribution in [-0.2, 0) is 6.42 Å². The summed E-state index contributed by atoms with van der Waals surface area (Å²) in [4.78, 5) is 6.91. The Kier molecular flexibility index (Phi) is 8.53. The molecule has 0 bridgehead atoms. The lowest BCUT2D eigenvalue weighted by molar-refractivity contribution is 0.265. The van der Waals surface area contributed by atoms with Crippen LogP contribution in [0.4, 0.5) is 0 Å². The Bertz CT molecular complexity index is 735. The third-order valence-corrected chi connectivity index (χ3v) is 5.72. The zero-order valence-electron chi connectivity index (χ0n) is 17.4. The van der Waals surface area contributed by atoms with E-state index in [9.17, 15) is 5.11 Å². The predicted octanol–water partition coefficient (Wildman–Crippen LogP) is 2.49. The summed E-state index contributed by atoms with van der Waals surface area (Å²) in [5.74, 6) is 1.52. The van der Waals surface area contributed by atoms with Gasteiger partial charge in [-0.2, -0.15) is 0 Å². The maximum absolute atomic E-state index is 9.72. The molecule has 0 spiro atoms. The highest BCUT2D eigenvalue weighted by Gasteiger charge is 2.22. The molecule has 2 aromatic rings. The summed E-state index contributed by atoms with van der Waals surface area (Å²) >= 11 is 0. The fourth-order valence-electron chi connectivity index (χ4n) is 3.91. The Morgan fingerprint density at radius 3 is 2.52 bits per heavy atom. The molecular weight excluding hydrogens is 360 g/mol. The third-order valence-electron chi connectivity index (χ3n) is 5.72. The molecule has 5 heteroatoms. The van der Waals surface area contributed by atoms with Gasteiger partial charge in [-0.3, -0.25) is 4.99 Å². The SMILES string of the molecule is CN=C(NCC1CCN(CCc2ccccc2)C1)NCC(CO)c1ccccc1. The van der Waals surface area contributed by atoms with E-state index >= 15 is 0 Å². The van der Waals surface area contributed by atoms with Gasteiger partial charge in [0.25, 0.3) is 0 Å². The smallest absolute Gasteiger partial charge is 0.191 e. The molecule has 3 N–H and O–H groups in total. The fraction of sp³-hybridized carbons (Fsp3) is 0.458. The quantitative estimate of drug-likeness (QED) is 0.452. The van der Waals surface area contributed by atoms with Gasteiger partial charge in [-0.15, -0.1) is 0 Å². The molecule has 156 valence electrons. The van der Waals surface area contributed by atoms with Gasteiger partial charge in [-0.05, 0) is 36.4 Å². The van der Waals surface area contributed by atoms with Crippen molar-refractivity contribution >= 4 is 5.96 Å². The minimum absolute atomic E-state index is 0.0645. The maximum Gasteiger partial charge on any atom is 0.191 e. The zero-order valence-corrected chi connectivity index (χ0v) is 17.4. The van der Waals surface area contributed by atoms with Crippen LogP contribution in [0.5, 0.6) is 0 Å². The minimum atomic E-state index is 0.0645. The number of benzene rings is 2. The standard InChI is InChI=1S/C24H34N4O/c1-25-24(27-17-23(19-29)22-10-6-3-7-11-22)26-16-21-13-15-28(18-21)14-12-20-8-4-2-5-9-20/h2-11,21,23,29H,12-19H2,1H3,(H2,25,26,27). The topological polar surface area (TPSA) is 59.9 Å². The second-order valence-electron chi connectivity index (χ2n) is 7.82. The van der Waals surface area contributed by atoms with Gasteiger partial charge >= 0.3 is 0 Å². The van der Waals surface area contributed by atoms with E-state index in [0.29, 0.717) is 12.5 Å². The summed E-state index contributed by atoms with van der Waals surface area (Å²) in [6.07, 6.45) is 2.34. The molecule has 29 heavy (non-hydrogen) atoms. The number of aliphatic hydroxyl groups excluding tert-OH is 1. The number of hydrogen-bond donors (Lipinski definition) is 3. The number of nitrogens with zero attached hydrogens (tertiary/aromatic N) is 2. The van der Waals surface area contributed by atoms with Crippen LogP contribution in [0.2, 0.25) is 0 Å². The molecule has 0 aromatic heterocycles. The van der Waals surface area contributed by atoms with Crippen LogP contribution >= 0.6 is 0 Å². The van der Waals surface area contributed by atoms with Crippen molar-refractivity contribution in [3.63, 3.8) is 0 Å². The van der Waals surface area contributed by atoms with Gasteiger partial charge in [0.1, 0.15) is 0 Å². The molecule has 2 unspecified atom stereocenters. The van der Waals surface area contributed by atoms with E-state index in [-0.39, 0.29) is 12.5 Å². The molecule has 0 amide bonds. The van der Waals surface area contributed by atoms with Crippen LogP contribution in [-0.4, -0.2) is 62.3 Å². The van der Waals surface area contributed by atoms with Crippen LogP contribution in [0, 0.1) is 5.92 Å². The largest absolute Gasteiger partial charge is 0.396 e. The third kappa shape index (κ3) is 6.87. The normalized spacial score (nSPS) is 18.6. The molecule has 1 aliphatic heterocycles. The highest BCUT2D eigenvalue weighted by Crippen LogP contribution is 2.16. The fourth-order valence-corrected chi connectivity index (χ4v) is 3.91. The second kappa shape index (κ2) is 11.6. The van der Waals surface area contributed by atoms with Crippen molar-refractivity contribution in [2.24, 2.45) is 10.9 Å². The Hall–Kier alpha value is -2.37. The lowest BCUT2D eigenvalue weighted by Crippen LogP contribution is -2.42. The Morgan fingerprint density at radius 2 is 1.83 bits per heavy atom. The molecule has 5 nitrogen and oxygen atoms in total. The van der Waals surface area contributed by atoms with E-state index in [0.717, 1.165) is 37.6 Å². The molecule has 1 heterocycles. The minimum Gasteiger partial charge on any atom is -0.396 e. The van der Waals surface area contributed by atoms with Crippen molar-refractivity contribution in [1.82, 2.24) is 15.5 Å². The lowest BCUT2D eigenvalue weighted by atomic mass is 10.0. The molecule has 0 aliphatic carbocycles. The summed E-state index contributed by atoms with van der Waals surface area (Å²) in [7, 11) is 1.80. The second-order valence-corrected chi connectivity index (χ2v) is 7.82. The average molecular weight is 395 g/mol. The molecule has 0 radical (unpaired) electrons. The predicted molar refractivity (Wildman–Crippen MR) is 120 cm³/mol. The van der Waals surface area contributed by atoms with E-state index in [1.54, 1.807) is 7.05 Å². The first kappa shape index (κ1) is 21.3. The van der Waals surface area contributed by atoms with Crippen LogP contribution in [0.3, 0.4) is 0 Å². The molecule has 1 fully saturated rings. The first-order valence-corrected chi connectivity index (χ1v) is 10.6. The van der Waals surface area contributed by atoms with Crippen LogP contribution in [0.25, 0.3) is 0 Å². The lowest BCUT2D eigenvalue weighted by Gasteiger charge is -2.20. The summed E-state index contributed by atoms with van der Waals surface area (Å²) < 4.78 is 0. The maximum atomic E-state index is 9.72. The molecule has 2 aromatic carbocycles. The van der Waals surface area contributed by atoms with Gasteiger partial charge in [0.15, 0.2) is 5.96 Å². The van der Waals surface area contributed by atoms with Crippen LogP contribution < -0.4 is 10.6 Å². The zero-order chi connectivity index (χ0) is 20.3. The van der Waals surface area contributed by atoms with E-state index in [1.807, 2.05) is 18.2 Å². The van der Waals surface area contributed by atoms with Crippen molar-refractivity contribution in [2.45, 2.75) is 18.8 Å². The first-order valence-electron chi connectivity index (χ1n) is 10.6. The number of rotatable bonds is 9. The summed E-state index contributed by atoms with van der Waals surface area (Å²) in [5, 5.41) is 16.6. The number of guanidine groups is 1. The van der Waals surface area contributed by atoms with E-state index < -0.39 is 0 Å². The van der Waals surface area contributed by atoms with Gasteiger partial charge in [-0.25, -0.2) is 0 Å².